The maximum atomic E-state index is 12.4. The van der Waals surface area contributed by atoms with Crippen molar-refractivity contribution in [2.75, 3.05) is 5.32 Å². The van der Waals surface area contributed by atoms with Crippen LogP contribution in [0, 0.1) is 20.8 Å². The molecule has 1 aromatic heterocycles. The van der Waals surface area contributed by atoms with Crippen LogP contribution in [-0.4, -0.2) is 15.8 Å². The van der Waals surface area contributed by atoms with Crippen molar-refractivity contribution in [3.05, 3.63) is 59.3 Å². The molecular weight excluding hydrogens is 262 g/mol. The summed E-state index contributed by atoms with van der Waals surface area (Å²) in [7, 11) is 0. The van der Waals surface area contributed by atoms with E-state index in [0.717, 1.165) is 33.3 Å². The Hall–Kier alpha value is -2.62. The van der Waals surface area contributed by atoms with Gasteiger partial charge in [0.2, 0.25) is 0 Å². The van der Waals surface area contributed by atoms with Crippen molar-refractivity contribution in [3.8, 4) is 0 Å². The highest BCUT2D eigenvalue weighted by Gasteiger charge is 2.11. The molecular formula is C17H17N3O. The second kappa shape index (κ2) is 5.05. The van der Waals surface area contributed by atoms with Crippen molar-refractivity contribution in [3.63, 3.8) is 0 Å². The quantitative estimate of drug-likeness (QED) is 0.730. The zero-order valence-electron chi connectivity index (χ0n) is 12.3. The van der Waals surface area contributed by atoms with E-state index in [2.05, 4.69) is 16.5 Å². The minimum Gasteiger partial charge on any atom is -0.306 e. The Morgan fingerprint density at radius 1 is 1.10 bits per heavy atom. The molecule has 3 rings (SSSR count). The van der Waals surface area contributed by atoms with Crippen LogP contribution in [0.15, 0.2) is 42.6 Å². The number of nitrogens with zero attached hydrogens (tertiary/aromatic N) is 2. The van der Waals surface area contributed by atoms with Crippen LogP contribution in [0.3, 0.4) is 0 Å². The molecule has 4 nitrogen and oxygen atoms in total. The minimum absolute atomic E-state index is 0.249. The molecule has 0 saturated heterocycles. The van der Waals surface area contributed by atoms with Crippen molar-refractivity contribution in [2.24, 2.45) is 0 Å². The van der Waals surface area contributed by atoms with E-state index in [0.29, 0.717) is 0 Å². The Morgan fingerprint density at radius 3 is 2.52 bits per heavy atom. The van der Waals surface area contributed by atoms with E-state index in [1.807, 2.05) is 51.1 Å². The second-order valence-electron chi connectivity index (χ2n) is 5.37. The fourth-order valence-electron chi connectivity index (χ4n) is 2.58. The Labute approximate surface area is 123 Å². The van der Waals surface area contributed by atoms with Crippen LogP contribution in [0.5, 0.6) is 0 Å². The van der Waals surface area contributed by atoms with Crippen molar-refractivity contribution >= 4 is 22.6 Å². The van der Waals surface area contributed by atoms with Gasteiger partial charge in [0, 0.05) is 11.1 Å². The predicted octanol–water partition coefficient (Wildman–Crippen LogP) is 4.04. The number of benzene rings is 2. The summed E-state index contributed by atoms with van der Waals surface area (Å²) in [6.45, 7) is 6.03. The maximum Gasteiger partial charge on any atom is 0.347 e. The van der Waals surface area contributed by atoms with Gasteiger partial charge >= 0.3 is 6.03 Å². The Balaban J connectivity index is 1.96. The van der Waals surface area contributed by atoms with Gasteiger partial charge in [0.25, 0.3) is 0 Å². The third kappa shape index (κ3) is 2.52. The highest BCUT2D eigenvalue weighted by molar-refractivity contribution is 5.97. The van der Waals surface area contributed by atoms with Gasteiger partial charge in [0.05, 0.1) is 11.7 Å². The van der Waals surface area contributed by atoms with Gasteiger partial charge in [-0.1, -0.05) is 18.2 Å². The van der Waals surface area contributed by atoms with Gasteiger partial charge in [-0.05, 0) is 55.7 Å². The lowest BCUT2D eigenvalue weighted by atomic mass is 10.1. The summed E-state index contributed by atoms with van der Waals surface area (Å²) < 4.78 is 1.40. The number of hydrogen-bond acceptors (Lipinski definition) is 2. The van der Waals surface area contributed by atoms with E-state index in [1.54, 1.807) is 6.20 Å². The first kappa shape index (κ1) is 13.4. The smallest absolute Gasteiger partial charge is 0.306 e. The van der Waals surface area contributed by atoms with Gasteiger partial charge in [-0.3, -0.25) is 0 Å². The highest BCUT2D eigenvalue weighted by atomic mass is 16.2. The van der Waals surface area contributed by atoms with Crippen LogP contribution in [0.4, 0.5) is 10.5 Å². The van der Waals surface area contributed by atoms with Crippen LogP contribution in [0.2, 0.25) is 0 Å². The summed E-state index contributed by atoms with van der Waals surface area (Å²) in [5.74, 6) is 0. The SMILES string of the molecule is Cc1cc(C)cc(NC(=O)n2ncc3c(C)cccc32)c1. The van der Waals surface area contributed by atoms with Crippen LogP contribution >= 0.6 is 0 Å². The van der Waals surface area contributed by atoms with Gasteiger partial charge in [-0.15, -0.1) is 0 Å². The number of carbonyl (C=O) groups is 1. The summed E-state index contributed by atoms with van der Waals surface area (Å²) in [5, 5.41) is 8.09. The van der Waals surface area contributed by atoms with E-state index >= 15 is 0 Å². The predicted molar refractivity (Wildman–Crippen MR) is 84.8 cm³/mol. The maximum absolute atomic E-state index is 12.4. The standard InChI is InChI=1S/C17H17N3O/c1-11-7-12(2)9-14(8-11)19-17(21)20-16-6-4-5-13(3)15(16)10-18-20/h4-10H,1-3H3,(H,19,21). The number of carbonyl (C=O) groups excluding carboxylic acids is 1. The zero-order valence-corrected chi connectivity index (χ0v) is 12.3. The monoisotopic (exact) mass is 279 g/mol. The van der Waals surface area contributed by atoms with Gasteiger partial charge in [-0.25, -0.2) is 4.79 Å². The van der Waals surface area contributed by atoms with Gasteiger partial charge < -0.3 is 5.32 Å². The molecule has 4 heteroatoms. The van der Waals surface area contributed by atoms with E-state index < -0.39 is 0 Å². The van der Waals surface area contributed by atoms with Crippen LogP contribution in [-0.2, 0) is 0 Å². The number of hydrogen-bond donors (Lipinski definition) is 1. The lowest BCUT2D eigenvalue weighted by Gasteiger charge is -2.08. The summed E-state index contributed by atoms with van der Waals surface area (Å²) >= 11 is 0. The van der Waals surface area contributed by atoms with Crippen LogP contribution in [0.25, 0.3) is 10.9 Å². The third-order valence-electron chi connectivity index (χ3n) is 3.50. The molecule has 0 spiro atoms. The second-order valence-corrected chi connectivity index (χ2v) is 5.37. The summed E-state index contributed by atoms with van der Waals surface area (Å²) in [6.07, 6.45) is 1.73. The fraction of sp³-hybridized carbons (Fsp3) is 0.176. The number of rotatable bonds is 1. The average molecular weight is 279 g/mol. The van der Waals surface area contributed by atoms with Gasteiger partial charge in [0.1, 0.15) is 0 Å². The summed E-state index contributed by atoms with van der Waals surface area (Å²) in [5.41, 5.74) is 4.95. The number of fused-ring (bicyclic) bond motifs is 1. The molecule has 1 heterocycles. The molecule has 0 atom stereocenters. The van der Waals surface area contributed by atoms with E-state index in [4.69, 9.17) is 0 Å². The number of aromatic nitrogens is 2. The lowest BCUT2D eigenvalue weighted by Crippen LogP contribution is -2.20. The number of anilines is 1. The first-order chi connectivity index (χ1) is 10.0. The molecule has 3 aromatic rings. The molecule has 106 valence electrons. The molecule has 0 saturated carbocycles. The average Bonchev–Trinajstić information content (AvgIpc) is 2.82. The first-order valence-electron chi connectivity index (χ1n) is 6.87. The Kier molecular flexibility index (Phi) is 3.22. The summed E-state index contributed by atoms with van der Waals surface area (Å²) in [4.78, 5) is 12.4. The molecule has 0 bridgehead atoms. The molecule has 0 unspecified atom stereocenters. The Morgan fingerprint density at radius 2 is 1.81 bits per heavy atom. The molecule has 0 aliphatic rings. The molecule has 21 heavy (non-hydrogen) atoms. The van der Waals surface area contributed by atoms with Gasteiger partial charge in [0.15, 0.2) is 0 Å². The molecule has 1 N–H and O–H groups in total. The first-order valence-corrected chi connectivity index (χ1v) is 6.87. The third-order valence-corrected chi connectivity index (χ3v) is 3.50. The van der Waals surface area contributed by atoms with E-state index in [1.165, 1.54) is 4.68 Å². The van der Waals surface area contributed by atoms with Crippen LogP contribution in [0.1, 0.15) is 16.7 Å². The van der Waals surface area contributed by atoms with Crippen molar-refractivity contribution in [1.29, 1.82) is 0 Å². The van der Waals surface area contributed by atoms with E-state index in [-0.39, 0.29) is 6.03 Å². The fourth-order valence-corrected chi connectivity index (χ4v) is 2.58. The summed E-state index contributed by atoms with van der Waals surface area (Å²) in [6, 6.07) is 11.6. The normalized spacial score (nSPS) is 10.8. The number of aryl methyl sites for hydroxylation is 3. The topological polar surface area (TPSA) is 46.9 Å². The minimum atomic E-state index is -0.249. The van der Waals surface area contributed by atoms with Crippen molar-refractivity contribution in [2.45, 2.75) is 20.8 Å². The largest absolute Gasteiger partial charge is 0.347 e. The van der Waals surface area contributed by atoms with E-state index in [9.17, 15) is 4.79 Å². The molecule has 0 aliphatic heterocycles. The Bertz CT molecular complexity index is 813. The lowest BCUT2D eigenvalue weighted by molar-refractivity contribution is 0.252. The molecule has 0 radical (unpaired) electrons. The number of amides is 1. The van der Waals surface area contributed by atoms with Gasteiger partial charge in [-0.2, -0.15) is 9.78 Å². The van der Waals surface area contributed by atoms with Crippen molar-refractivity contribution < 1.29 is 4.79 Å². The molecule has 0 aliphatic carbocycles. The molecule has 2 aromatic carbocycles. The molecule has 1 amide bonds. The zero-order chi connectivity index (χ0) is 15.0. The number of nitrogens with one attached hydrogen (secondary N) is 1. The molecule has 0 fully saturated rings. The highest BCUT2D eigenvalue weighted by Crippen LogP contribution is 2.19. The van der Waals surface area contributed by atoms with Crippen molar-refractivity contribution in [1.82, 2.24) is 9.78 Å². The van der Waals surface area contributed by atoms with Crippen LogP contribution < -0.4 is 5.32 Å².